The standard InChI is InChI=1S/C11H14O5/c1-14-8(12)10-5-11(10,9(13)15-2)7-4-3-6(10)16-7/h6-7H,3-5H2,1-2H3/t6-,7+,10-,11+. The number of esters is 2. The molecule has 88 valence electrons. The molecule has 2 aliphatic heterocycles. The summed E-state index contributed by atoms with van der Waals surface area (Å²) in [4.78, 5) is 23.8. The highest BCUT2D eigenvalue weighted by atomic mass is 16.6. The van der Waals surface area contributed by atoms with Crippen molar-refractivity contribution >= 4 is 11.9 Å². The number of carbonyl (C=O) groups is 2. The van der Waals surface area contributed by atoms with E-state index in [4.69, 9.17) is 14.2 Å². The van der Waals surface area contributed by atoms with Crippen LogP contribution in [0, 0.1) is 10.8 Å². The average Bonchev–Trinajstić information content (AvgIpc) is 2.72. The van der Waals surface area contributed by atoms with Crippen LogP contribution in [-0.2, 0) is 23.8 Å². The SMILES string of the molecule is COC(=O)[C@]12C[C@@]1(C(=O)OC)[C@@H]1CC[C@H]2O1. The number of ether oxygens (including phenoxy) is 3. The molecule has 0 aromatic carbocycles. The van der Waals surface area contributed by atoms with E-state index in [1.807, 2.05) is 0 Å². The molecule has 2 saturated heterocycles. The van der Waals surface area contributed by atoms with Gasteiger partial charge in [-0.05, 0) is 19.3 Å². The van der Waals surface area contributed by atoms with Crippen molar-refractivity contribution in [2.45, 2.75) is 31.5 Å². The molecule has 2 bridgehead atoms. The molecule has 16 heavy (non-hydrogen) atoms. The molecule has 0 aromatic rings. The van der Waals surface area contributed by atoms with Gasteiger partial charge in [0, 0.05) is 0 Å². The monoisotopic (exact) mass is 226 g/mol. The zero-order valence-electron chi connectivity index (χ0n) is 9.32. The Morgan fingerprint density at radius 1 is 1.06 bits per heavy atom. The van der Waals surface area contributed by atoms with Gasteiger partial charge in [-0.1, -0.05) is 0 Å². The highest BCUT2D eigenvalue weighted by Crippen LogP contribution is 2.78. The predicted octanol–water partition coefficient (Wildman–Crippen LogP) is 0.270. The number of fused-ring (bicyclic) bond motifs is 5. The number of hydrogen-bond donors (Lipinski definition) is 0. The van der Waals surface area contributed by atoms with Crippen molar-refractivity contribution in [2.24, 2.45) is 10.8 Å². The maximum absolute atomic E-state index is 11.9. The minimum Gasteiger partial charge on any atom is -0.468 e. The van der Waals surface area contributed by atoms with Crippen molar-refractivity contribution < 1.29 is 23.8 Å². The smallest absolute Gasteiger partial charge is 0.315 e. The van der Waals surface area contributed by atoms with E-state index in [-0.39, 0.29) is 24.1 Å². The topological polar surface area (TPSA) is 61.8 Å². The van der Waals surface area contributed by atoms with Gasteiger partial charge < -0.3 is 14.2 Å². The summed E-state index contributed by atoms with van der Waals surface area (Å²) in [5, 5.41) is 0. The fraction of sp³-hybridized carbons (Fsp3) is 0.818. The maximum atomic E-state index is 11.9. The zero-order valence-corrected chi connectivity index (χ0v) is 9.32. The Bertz CT molecular complexity index is 345. The summed E-state index contributed by atoms with van der Waals surface area (Å²) < 4.78 is 15.3. The van der Waals surface area contributed by atoms with Gasteiger partial charge in [-0.15, -0.1) is 0 Å². The van der Waals surface area contributed by atoms with Gasteiger partial charge in [-0.3, -0.25) is 9.59 Å². The molecule has 0 unspecified atom stereocenters. The van der Waals surface area contributed by atoms with Crippen LogP contribution in [0.4, 0.5) is 0 Å². The summed E-state index contributed by atoms with van der Waals surface area (Å²) in [7, 11) is 2.70. The first-order chi connectivity index (χ1) is 7.63. The molecule has 0 N–H and O–H groups in total. The predicted molar refractivity (Wildman–Crippen MR) is 51.4 cm³/mol. The lowest BCUT2D eigenvalue weighted by Gasteiger charge is -2.22. The molecule has 1 saturated carbocycles. The lowest BCUT2D eigenvalue weighted by Crippen LogP contribution is -2.39. The average molecular weight is 226 g/mol. The van der Waals surface area contributed by atoms with Gasteiger partial charge in [0.1, 0.15) is 10.8 Å². The van der Waals surface area contributed by atoms with Gasteiger partial charge in [0.15, 0.2) is 0 Å². The van der Waals surface area contributed by atoms with E-state index >= 15 is 0 Å². The van der Waals surface area contributed by atoms with Crippen LogP contribution >= 0.6 is 0 Å². The molecule has 2 heterocycles. The Labute approximate surface area is 93.0 Å². The van der Waals surface area contributed by atoms with E-state index in [2.05, 4.69) is 0 Å². The highest BCUT2D eigenvalue weighted by molar-refractivity contribution is 5.97. The van der Waals surface area contributed by atoms with Gasteiger partial charge >= 0.3 is 11.9 Å². The molecule has 5 nitrogen and oxygen atoms in total. The Morgan fingerprint density at radius 3 is 1.88 bits per heavy atom. The van der Waals surface area contributed by atoms with E-state index in [1.165, 1.54) is 14.2 Å². The van der Waals surface area contributed by atoms with Gasteiger partial charge in [-0.25, -0.2) is 0 Å². The Morgan fingerprint density at radius 2 is 1.50 bits per heavy atom. The summed E-state index contributed by atoms with van der Waals surface area (Å²) in [6.07, 6.45) is 1.86. The Hall–Kier alpha value is -1.10. The molecule has 5 heteroatoms. The van der Waals surface area contributed by atoms with E-state index in [9.17, 15) is 9.59 Å². The lowest BCUT2D eigenvalue weighted by atomic mass is 9.79. The second kappa shape index (κ2) is 2.77. The summed E-state index contributed by atoms with van der Waals surface area (Å²) >= 11 is 0. The van der Waals surface area contributed by atoms with Crippen LogP contribution in [0.3, 0.4) is 0 Å². The largest absolute Gasteiger partial charge is 0.468 e. The van der Waals surface area contributed by atoms with Gasteiger partial charge in [0.2, 0.25) is 0 Å². The molecule has 1 aliphatic carbocycles. The number of carbonyl (C=O) groups excluding carboxylic acids is 2. The van der Waals surface area contributed by atoms with Crippen LogP contribution in [0.25, 0.3) is 0 Å². The number of hydrogen-bond acceptors (Lipinski definition) is 5. The molecular formula is C11H14O5. The van der Waals surface area contributed by atoms with Crippen molar-refractivity contribution in [3.63, 3.8) is 0 Å². The van der Waals surface area contributed by atoms with Gasteiger partial charge in [0.25, 0.3) is 0 Å². The van der Waals surface area contributed by atoms with E-state index in [1.54, 1.807) is 0 Å². The summed E-state index contributed by atoms with van der Waals surface area (Å²) in [6.45, 7) is 0. The second-order valence-corrected chi connectivity index (χ2v) is 4.79. The first kappa shape index (κ1) is 10.1. The molecule has 0 spiro atoms. The molecule has 3 fully saturated rings. The first-order valence-electron chi connectivity index (χ1n) is 5.46. The van der Waals surface area contributed by atoms with Crippen LogP contribution in [0.5, 0.6) is 0 Å². The fourth-order valence-corrected chi connectivity index (χ4v) is 3.70. The fourth-order valence-electron chi connectivity index (χ4n) is 3.70. The van der Waals surface area contributed by atoms with Crippen LogP contribution in [0.2, 0.25) is 0 Å². The second-order valence-electron chi connectivity index (χ2n) is 4.79. The molecule has 4 atom stereocenters. The maximum Gasteiger partial charge on any atom is 0.315 e. The lowest BCUT2D eigenvalue weighted by molar-refractivity contribution is -0.157. The van der Waals surface area contributed by atoms with Crippen molar-refractivity contribution in [3.8, 4) is 0 Å². The van der Waals surface area contributed by atoms with Crippen molar-refractivity contribution in [1.82, 2.24) is 0 Å². The summed E-state index contributed by atoms with van der Waals surface area (Å²) in [5.74, 6) is -0.657. The molecule has 0 radical (unpaired) electrons. The molecule has 0 aromatic heterocycles. The van der Waals surface area contributed by atoms with Crippen LogP contribution in [0.1, 0.15) is 19.3 Å². The third kappa shape index (κ3) is 0.764. The van der Waals surface area contributed by atoms with Crippen molar-refractivity contribution in [3.05, 3.63) is 0 Å². The van der Waals surface area contributed by atoms with E-state index < -0.39 is 10.8 Å². The van der Waals surface area contributed by atoms with Gasteiger partial charge in [0.05, 0.1) is 26.4 Å². The normalized spacial score (nSPS) is 47.4. The molecule has 0 amide bonds. The van der Waals surface area contributed by atoms with Crippen molar-refractivity contribution in [2.75, 3.05) is 14.2 Å². The Balaban J connectivity index is 2.02. The minimum atomic E-state index is -0.752. The van der Waals surface area contributed by atoms with E-state index in [0.717, 1.165) is 12.8 Å². The van der Waals surface area contributed by atoms with Crippen molar-refractivity contribution in [1.29, 1.82) is 0 Å². The van der Waals surface area contributed by atoms with Crippen LogP contribution in [0.15, 0.2) is 0 Å². The quantitative estimate of drug-likeness (QED) is 0.632. The first-order valence-corrected chi connectivity index (χ1v) is 5.46. The van der Waals surface area contributed by atoms with Crippen LogP contribution in [-0.4, -0.2) is 38.4 Å². The Kier molecular flexibility index (Phi) is 1.74. The third-order valence-corrected chi connectivity index (χ3v) is 4.45. The number of rotatable bonds is 2. The van der Waals surface area contributed by atoms with Gasteiger partial charge in [-0.2, -0.15) is 0 Å². The zero-order chi connectivity index (χ0) is 11.6. The van der Waals surface area contributed by atoms with Crippen LogP contribution < -0.4 is 0 Å². The summed E-state index contributed by atoms with van der Waals surface area (Å²) in [6, 6.07) is 0. The molecule has 3 rings (SSSR count). The molecule has 3 aliphatic rings. The third-order valence-electron chi connectivity index (χ3n) is 4.45. The highest BCUT2D eigenvalue weighted by Gasteiger charge is 2.89. The summed E-state index contributed by atoms with van der Waals surface area (Å²) in [5.41, 5.74) is -1.50. The molecular weight excluding hydrogens is 212 g/mol. The van der Waals surface area contributed by atoms with E-state index in [0.29, 0.717) is 6.42 Å². The number of methoxy groups -OCH3 is 2. The minimum absolute atomic E-state index is 0.163.